The van der Waals surface area contributed by atoms with E-state index < -0.39 is 0 Å². The molecule has 3 aromatic heterocycles. The van der Waals surface area contributed by atoms with Crippen molar-refractivity contribution in [3.8, 4) is 45.1 Å². The third-order valence-corrected chi connectivity index (χ3v) is 12.3. The number of benzene rings is 8. The zero-order valence-corrected chi connectivity index (χ0v) is 31.6. The molecule has 57 heavy (non-hydrogen) atoms. The maximum Gasteiger partial charge on any atom is 0.235 e. The minimum atomic E-state index is -0.346. The standard InChI is InChI=1S/C53H36N4/c1-53(2)49-38-20-10-9-15-33(38)25-28-41(49)48-50(34-16-5-3-6-17-34)54-52(55-51(48)53)57-45-24-14-12-22-40(45)43-32-36(27-30-47(43)57)35-26-29-46-42(31-35)39-21-11-13-23-44(39)56(46)37-18-7-4-8-19-37/h3-32H,1-2H3. The summed E-state index contributed by atoms with van der Waals surface area (Å²) in [4.78, 5) is 11.1. The average molecular weight is 729 g/mol. The molecule has 0 bridgehead atoms. The second-order valence-corrected chi connectivity index (χ2v) is 15.8. The first-order valence-corrected chi connectivity index (χ1v) is 19.7. The average Bonchev–Trinajstić information content (AvgIpc) is 3.86. The highest BCUT2D eigenvalue weighted by Crippen LogP contribution is 2.53. The molecule has 4 heteroatoms. The lowest BCUT2D eigenvalue weighted by molar-refractivity contribution is 0.637. The van der Waals surface area contributed by atoms with Crippen LogP contribution in [0.2, 0.25) is 0 Å². The van der Waals surface area contributed by atoms with Gasteiger partial charge >= 0.3 is 0 Å². The van der Waals surface area contributed by atoms with Crippen molar-refractivity contribution >= 4 is 54.4 Å². The summed E-state index contributed by atoms with van der Waals surface area (Å²) in [5.74, 6) is 0.687. The summed E-state index contributed by atoms with van der Waals surface area (Å²) in [5, 5.41) is 7.35. The first kappa shape index (κ1) is 32.0. The molecule has 12 rings (SSSR count). The smallest absolute Gasteiger partial charge is 0.235 e. The van der Waals surface area contributed by atoms with Crippen LogP contribution in [0.3, 0.4) is 0 Å². The van der Waals surface area contributed by atoms with Gasteiger partial charge in [-0.2, -0.15) is 0 Å². The van der Waals surface area contributed by atoms with Gasteiger partial charge in [0.25, 0.3) is 0 Å². The van der Waals surface area contributed by atoms with Crippen LogP contribution in [0, 0.1) is 0 Å². The number of fused-ring (bicyclic) bond motifs is 11. The predicted octanol–water partition coefficient (Wildman–Crippen LogP) is 13.5. The number of nitrogens with zero attached hydrogens (tertiary/aromatic N) is 4. The van der Waals surface area contributed by atoms with Crippen LogP contribution in [0.1, 0.15) is 25.1 Å². The monoisotopic (exact) mass is 728 g/mol. The SMILES string of the molecule is CC1(C)c2nc(-n3c4ccccc4c4cc(-c5ccc6c(c5)c5ccccc5n6-c5ccccc5)ccc43)nc(-c3ccccc3)c2-c2ccc3ccccc3c21. The van der Waals surface area contributed by atoms with E-state index in [0.717, 1.165) is 39.2 Å². The van der Waals surface area contributed by atoms with Crippen molar-refractivity contribution in [2.24, 2.45) is 0 Å². The lowest BCUT2D eigenvalue weighted by Crippen LogP contribution is -2.19. The van der Waals surface area contributed by atoms with E-state index in [2.05, 4.69) is 205 Å². The highest BCUT2D eigenvalue weighted by atomic mass is 15.2. The summed E-state index contributed by atoms with van der Waals surface area (Å²) in [6.45, 7) is 4.64. The lowest BCUT2D eigenvalue weighted by Gasteiger charge is -2.23. The number of hydrogen-bond donors (Lipinski definition) is 0. The van der Waals surface area contributed by atoms with Crippen LogP contribution in [0.4, 0.5) is 0 Å². The second-order valence-electron chi connectivity index (χ2n) is 15.8. The highest BCUT2D eigenvalue weighted by Gasteiger charge is 2.41. The van der Waals surface area contributed by atoms with Crippen LogP contribution in [0.5, 0.6) is 0 Å². The van der Waals surface area contributed by atoms with Gasteiger partial charge in [-0.05, 0) is 81.6 Å². The maximum atomic E-state index is 5.58. The van der Waals surface area contributed by atoms with Crippen molar-refractivity contribution in [2.45, 2.75) is 19.3 Å². The number of hydrogen-bond acceptors (Lipinski definition) is 2. The highest BCUT2D eigenvalue weighted by molar-refractivity contribution is 6.13. The molecule has 0 unspecified atom stereocenters. The van der Waals surface area contributed by atoms with Gasteiger partial charge in [0.1, 0.15) is 0 Å². The molecule has 0 radical (unpaired) electrons. The molecule has 0 fully saturated rings. The van der Waals surface area contributed by atoms with E-state index in [1.54, 1.807) is 0 Å². The van der Waals surface area contributed by atoms with Crippen LogP contribution in [-0.4, -0.2) is 19.1 Å². The molecular formula is C53H36N4. The van der Waals surface area contributed by atoms with E-state index >= 15 is 0 Å². The molecule has 0 amide bonds. The fourth-order valence-corrected chi connectivity index (χ4v) is 9.71. The summed E-state index contributed by atoms with van der Waals surface area (Å²) in [6.07, 6.45) is 0. The van der Waals surface area contributed by atoms with Crippen molar-refractivity contribution in [1.82, 2.24) is 19.1 Å². The number of aromatic nitrogens is 4. The van der Waals surface area contributed by atoms with E-state index in [-0.39, 0.29) is 5.41 Å². The normalized spacial score (nSPS) is 13.2. The predicted molar refractivity (Wildman–Crippen MR) is 237 cm³/mol. The molecule has 0 saturated heterocycles. The third kappa shape index (κ3) is 4.55. The van der Waals surface area contributed by atoms with Gasteiger partial charge in [-0.1, -0.05) is 147 Å². The molecule has 3 heterocycles. The van der Waals surface area contributed by atoms with Crippen LogP contribution in [-0.2, 0) is 5.41 Å². The fraction of sp³-hybridized carbons (Fsp3) is 0.0566. The van der Waals surface area contributed by atoms with Gasteiger partial charge < -0.3 is 4.57 Å². The van der Waals surface area contributed by atoms with Crippen molar-refractivity contribution < 1.29 is 0 Å². The van der Waals surface area contributed by atoms with Gasteiger partial charge in [-0.3, -0.25) is 4.57 Å². The Morgan fingerprint density at radius 1 is 0.421 bits per heavy atom. The largest absolute Gasteiger partial charge is 0.309 e. The molecule has 1 aliphatic rings. The minimum Gasteiger partial charge on any atom is -0.309 e. The van der Waals surface area contributed by atoms with Gasteiger partial charge in [0.15, 0.2) is 0 Å². The van der Waals surface area contributed by atoms with Crippen LogP contribution in [0.15, 0.2) is 182 Å². The fourth-order valence-electron chi connectivity index (χ4n) is 9.71. The first-order chi connectivity index (χ1) is 28.0. The maximum absolute atomic E-state index is 5.58. The number of para-hydroxylation sites is 3. The molecule has 0 N–H and O–H groups in total. The van der Waals surface area contributed by atoms with Crippen molar-refractivity contribution in [3.63, 3.8) is 0 Å². The molecule has 0 aliphatic heterocycles. The van der Waals surface area contributed by atoms with Gasteiger partial charge in [-0.25, -0.2) is 9.97 Å². The zero-order valence-electron chi connectivity index (χ0n) is 31.6. The van der Waals surface area contributed by atoms with Gasteiger partial charge in [0.05, 0.1) is 33.5 Å². The van der Waals surface area contributed by atoms with Gasteiger partial charge in [0.2, 0.25) is 5.95 Å². The van der Waals surface area contributed by atoms with Crippen LogP contribution < -0.4 is 0 Å². The summed E-state index contributed by atoms with van der Waals surface area (Å²) in [7, 11) is 0. The Hall–Kier alpha value is -7.30. The molecule has 268 valence electrons. The molecule has 4 nitrogen and oxygen atoms in total. The van der Waals surface area contributed by atoms with E-state index in [0.29, 0.717) is 5.95 Å². The van der Waals surface area contributed by atoms with E-state index in [4.69, 9.17) is 9.97 Å². The summed E-state index contributed by atoms with van der Waals surface area (Å²) >= 11 is 0. The Labute approximate surface area is 329 Å². The van der Waals surface area contributed by atoms with E-state index in [9.17, 15) is 0 Å². The lowest BCUT2D eigenvalue weighted by atomic mass is 9.82. The molecule has 0 atom stereocenters. The second kappa shape index (κ2) is 11.8. The quantitative estimate of drug-likeness (QED) is 0.181. The summed E-state index contributed by atoms with van der Waals surface area (Å²) < 4.78 is 4.64. The Kier molecular flexibility index (Phi) is 6.65. The van der Waals surface area contributed by atoms with E-state index in [1.165, 1.54) is 65.6 Å². The summed E-state index contributed by atoms with van der Waals surface area (Å²) in [6, 6.07) is 65.6. The molecule has 0 spiro atoms. The Balaban J connectivity index is 1.07. The third-order valence-electron chi connectivity index (χ3n) is 12.3. The molecular weight excluding hydrogens is 693 g/mol. The Morgan fingerprint density at radius 2 is 0.965 bits per heavy atom. The molecule has 1 aliphatic carbocycles. The molecule has 11 aromatic rings. The Bertz CT molecular complexity index is 3420. The minimum absolute atomic E-state index is 0.346. The van der Waals surface area contributed by atoms with Gasteiger partial charge in [-0.15, -0.1) is 0 Å². The molecule has 8 aromatic carbocycles. The van der Waals surface area contributed by atoms with Crippen molar-refractivity contribution in [2.75, 3.05) is 0 Å². The van der Waals surface area contributed by atoms with Crippen molar-refractivity contribution in [1.29, 1.82) is 0 Å². The zero-order chi connectivity index (χ0) is 37.8. The Morgan fingerprint density at radius 3 is 1.65 bits per heavy atom. The molecule has 0 saturated carbocycles. The number of rotatable bonds is 4. The van der Waals surface area contributed by atoms with Crippen LogP contribution in [0.25, 0.3) is 99.5 Å². The van der Waals surface area contributed by atoms with Crippen LogP contribution >= 0.6 is 0 Å². The first-order valence-electron chi connectivity index (χ1n) is 19.7. The topological polar surface area (TPSA) is 35.6 Å². The van der Waals surface area contributed by atoms with Gasteiger partial charge in [0, 0.05) is 43.8 Å². The van der Waals surface area contributed by atoms with E-state index in [1.807, 2.05) is 0 Å². The van der Waals surface area contributed by atoms with Crippen molar-refractivity contribution in [3.05, 3.63) is 193 Å². The summed E-state index contributed by atoms with van der Waals surface area (Å²) in [5.41, 5.74) is 14.5.